The van der Waals surface area contributed by atoms with Gasteiger partial charge in [-0.05, 0) is 38.5 Å². The van der Waals surface area contributed by atoms with Crippen LogP contribution in [-0.2, 0) is 9.59 Å². The van der Waals surface area contributed by atoms with Crippen LogP contribution in [0.25, 0.3) is 0 Å². The monoisotopic (exact) mass is 318 g/mol. The zero-order valence-electron chi connectivity index (χ0n) is 13.8. The van der Waals surface area contributed by atoms with E-state index in [0.29, 0.717) is 11.3 Å². The Hall–Kier alpha value is -2.14. The fraction of sp³-hybridized carbons (Fsp3) is 0.444. The van der Waals surface area contributed by atoms with Crippen molar-refractivity contribution in [1.29, 1.82) is 0 Å². The van der Waals surface area contributed by atoms with Gasteiger partial charge in [-0.25, -0.2) is 0 Å². The Morgan fingerprint density at radius 1 is 1.22 bits per heavy atom. The van der Waals surface area contributed by atoms with Crippen LogP contribution in [0, 0.1) is 5.92 Å². The number of Topliss-reactive ketones (excluding diaryl/α,β-unsaturated/α-hetero) is 2. The maximum atomic E-state index is 12.2. The number of methoxy groups -OCH3 is 1. The SMILES string of the molecule is COc1ccc([C@@H]2C(C(C)=O)=C(O)C[C@](C)(O)[C@H]2C(C)=O)cc1. The van der Waals surface area contributed by atoms with E-state index in [-0.39, 0.29) is 29.3 Å². The number of hydrogen-bond acceptors (Lipinski definition) is 5. The summed E-state index contributed by atoms with van der Waals surface area (Å²) in [6.07, 6.45) is -0.112. The van der Waals surface area contributed by atoms with Gasteiger partial charge in [0.2, 0.25) is 0 Å². The van der Waals surface area contributed by atoms with E-state index >= 15 is 0 Å². The maximum absolute atomic E-state index is 12.2. The molecule has 124 valence electrons. The molecule has 0 radical (unpaired) electrons. The van der Waals surface area contributed by atoms with Crippen molar-refractivity contribution in [3.05, 3.63) is 41.2 Å². The largest absolute Gasteiger partial charge is 0.512 e. The summed E-state index contributed by atoms with van der Waals surface area (Å²) in [5.41, 5.74) is -0.538. The van der Waals surface area contributed by atoms with Crippen LogP contribution in [0.5, 0.6) is 5.75 Å². The molecule has 5 heteroatoms. The fourth-order valence-electron chi connectivity index (χ4n) is 3.51. The summed E-state index contributed by atoms with van der Waals surface area (Å²) in [7, 11) is 1.55. The first kappa shape index (κ1) is 17.2. The lowest BCUT2D eigenvalue weighted by atomic mass is 9.64. The molecule has 0 unspecified atom stereocenters. The number of aliphatic hydroxyl groups is 2. The molecule has 1 aromatic rings. The lowest BCUT2D eigenvalue weighted by Gasteiger charge is -2.42. The van der Waals surface area contributed by atoms with Crippen LogP contribution in [0.2, 0.25) is 0 Å². The highest BCUT2D eigenvalue weighted by molar-refractivity contribution is 5.97. The Morgan fingerprint density at radius 2 is 1.78 bits per heavy atom. The lowest BCUT2D eigenvalue weighted by Crippen LogP contribution is -2.47. The number of allylic oxidation sites excluding steroid dienone is 1. The zero-order valence-corrected chi connectivity index (χ0v) is 13.8. The van der Waals surface area contributed by atoms with Gasteiger partial charge in [0.1, 0.15) is 17.3 Å². The van der Waals surface area contributed by atoms with E-state index < -0.39 is 17.4 Å². The molecule has 23 heavy (non-hydrogen) atoms. The van der Waals surface area contributed by atoms with Crippen LogP contribution >= 0.6 is 0 Å². The Morgan fingerprint density at radius 3 is 2.22 bits per heavy atom. The van der Waals surface area contributed by atoms with Gasteiger partial charge >= 0.3 is 0 Å². The van der Waals surface area contributed by atoms with Crippen molar-refractivity contribution in [3.63, 3.8) is 0 Å². The second-order valence-corrected chi connectivity index (χ2v) is 6.29. The highest BCUT2D eigenvalue weighted by atomic mass is 16.5. The van der Waals surface area contributed by atoms with Crippen LogP contribution < -0.4 is 4.74 Å². The van der Waals surface area contributed by atoms with E-state index in [1.54, 1.807) is 31.4 Å². The lowest BCUT2D eigenvalue weighted by molar-refractivity contribution is -0.132. The van der Waals surface area contributed by atoms with Crippen LogP contribution in [0.3, 0.4) is 0 Å². The smallest absolute Gasteiger partial charge is 0.159 e. The minimum Gasteiger partial charge on any atom is -0.512 e. The summed E-state index contributed by atoms with van der Waals surface area (Å²) in [4.78, 5) is 24.3. The van der Waals surface area contributed by atoms with Gasteiger partial charge in [0.05, 0.1) is 18.6 Å². The van der Waals surface area contributed by atoms with Crippen LogP contribution in [0.15, 0.2) is 35.6 Å². The highest BCUT2D eigenvalue weighted by Gasteiger charge is 2.49. The van der Waals surface area contributed by atoms with Gasteiger partial charge in [-0.15, -0.1) is 0 Å². The van der Waals surface area contributed by atoms with Gasteiger partial charge in [-0.1, -0.05) is 12.1 Å². The van der Waals surface area contributed by atoms with E-state index in [1.807, 2.05) is 0 Å². The van der Waals surface area contributed by atoms with Crippen LogP contribution in [0.4, 0.5) is 0 Å². The van der Waals surface area contributed by atoms with Crippen LogP contribution in [-0.4, -0.2) is 34.5 Å². The van der Waals surface area contributed by atoms with Crippen molar-refractivity contribution >= 4 is 11.6 Å². The second kappa shape index (κ2) is 6.16. The van der Waals surface area contributed by atoms with E-state index in [0.717, 1.165) is 0 Å². The minimum atomic E-state index is -1.42. The third-order valence-corrected chi connectivity index (χ3v) is 4.44. The molecule has 2 rings (SSSR count). The number of aliphatic hydroxyl groups excluding tert-OH is 1. The number of rotatable bonds is 4. The van der Waals surface area contributed by atoms with E-state index in [2.05, 4.69) is 0 Å². The molecule has 0 saturated carbocycles. The maximum Gasteiger partial charge on any atom is 0.159 e. The molecular weight excluding hydrogens is 296 g/mol. The molecule has 1 aromatic carbocycles. The minimum absolute atomic E-state index is 0.112. The first-order valence-corrected chi connectivity index (χ1v) is 7.48. The van der Waals surface area contributed by atoms with Crippen LogP contribution in [0.1, 0.15) is 38.7 Å². The Balaban J connectivity index is 2.65. The predicted octanol–water partition coefficient (Wildman–Crippen LogP) is 2.54. The molecule has 0 aromatic heterocycles. The number of carbonyl (C=O) groups is 2. The first-order valence-electron chi connectivity index (χ1n) is 7.48. The van der Waals surface area contributed by atoms with Crippen molar-refractivity contribution in [1.82, 2.24) is 0 Å². The van der Waals surface area contributed by atoms with E-state index in [4.69, 9.17) is 4.74 Å². The van der Waals surface area contributed by atoms with Crippen molar-refractivity contribution in [2.75, 3.05) is 7.11 Å². The van der Waals surface area contributed by atoms with Crippen molar-refractivity contribution < 1.29 is 24.5 Å². The van der Waals surface area contributed by atoms with Gasteiger partial charge in [-0.2, -0.15) is 0 Å². The van der Waals surface area contributed by atoms with Gasteiger partial charge in [0.15, 0.2) is 5.78 Å². The molecule has 0 saturated heterocycles. The van der Waals surface area contributed by atoms with Crippen molar-refractivity contribution in [2.24, 2.45) is 5.92 Å². The Labute approximate surface area is 135 Å². The summed E-state index contributed by atoms with van der Waals surface area (Å²) >= 11 is 0. The molecule has 0 heterocycles. The Bertz CT molecular complexity index is 654. The molecule has 0 fully saturated rings. The van der Waals surface area contributed by atoms with Crippen molar-refractivity contribution in [3.8, 4) is 5.75 Å². The molecule has 5 nitrogen and oxygen atoms in total. The van der Waals surface area contributed by atoms with Gasteiger partial charge in [0.25, 0.3) is 0 Å². The second-order valence-electron chi connectivity index (χ2n) is 6.29. The molecular formula is C18H22O5. The third kappa shape index (κ3) is 3.15. The standard InChI is InChI=1S/C18H22O5/c1-10(19)15-14(21)9-18(3,22)17(11(2)20)16(15)12-5-7-13(23-4)8-6-12/h5-8,16-17,21-22H,9H2,1-4H3/t16-,17+,18+/m1/s1. The number of ether oxygens (including phenoxy) is 1. The summed E-state index contributed by atoms with van der Waals surface area (Å²) in [6.45, 7) is 4.28. The number of benzene rings is 1. The fourth-order valence-corrected chi connectivity index (χ4v) is 3.51. The topological polar surface area (TPSA) is 83.8 Å². The highest BCUT2D eigenvalue weighted by Crippen LogP contribution is 2.47. The molecule has 1 aliphatic carbocycles. The average molecular weight is 318 g/mol. The Kier molecular flexibility index (Phi) is 4.61. The molecule has 0 amide bonds. The summed E-state index contributed by atoms with van der Waals surface area (Å²) < 4.78 is 5.12. The molecule has 0 bridgehead atoms. The summed E-state index contributed by atoms with van der Waals surface area (Å²) in [5.74, 6) is -1.51. The van der Waals surface area contributed by atoms with Gasteiger partial charge < -0.3 is 14.9 Å². The first-order chi connectivity index (χ1) is 10.7. The number of carbonyl (C=O) groups excluding carboxylic acids is 2. The third-order valence-electron chi connectivity index (χ3n) is 4.44. The van der Waals surface area contributed by atoms with Gasteiger partial charge in [-0.3, -0.25) is 9.59 Å². The van der Waals surface area contributed by atoms with Crippen molar-refractivity contribution in [2.45, 2.75) is 38.7 Å². The number of ketones is 2. The summed E-state index contributed by atoms with van der Waals surface area (Å²) in [6, 6.07) is 6.95. The number of hydrogen-bond donors (Lipinski definition) is 2. The quantitative estimate of drug-likeness (QED) is 0.891. The van der Waals surface area contributed by atoms with E-state index in [9.17, 15) is 19.8 Å². The van der Waals surface area contributed by atoms with E-state index in [1.165, 1.54) is 20.8 Å². The normalized spacial score (nSPS) is 27.7. The molecule has 1 aliphatic rings. The van der Waals surface area contributed by atoms with Gasteiger partial charge in [0, 0.05) is 17.9 Å². The predicted molar refractivity (Wildman–Crippen MR) is 85.5 cm³/mol. The zero-order chi connectivity index (χ0) is 17.4. The average Bonchev–Trinajstić information content (AvgIpc) is 2.44. The molecule has 0 aliphatic heterocycles. The summed E-state index contributed by atoms with van der Waals surface area (Å²) in [5, 5.41) is 20.9. The molecule has 3 atom stereocenters. The molecule has 2 N–H and O–H groups in total. The molecule has 0 spiro atoms.